The molecule has 1 aliphatic heterocycles. The Morgan fingerprint density at radius 1 is 1.39 bits per heavy atom. The Morgan fingerprint density at radius 2 is 2.03 bits per heavy atom. The molecule has 1 saturated heterocycles. The number of hydrogen-bond acceptors (Lipinski definition) is 9. The van der Waals surface area contributed by atoms with E-state index in [4.69, 9.17) is 17.6 Å². The van der Waals surface area contributed by atoms with E-state index in [0.717, 1.165) is 12.8 Å². The van der Waals surface area contributed by atoms with Crippen LogP contribution in [0.25, 0.3) is 0 Å². The van der Waals surface area contributed by atoms with Gasteiger partial charge in [0.2, 0.25) is 6.41 Å². The van der Waals surface area contributed by atoms with Crippen LogP contribution in [0.2, 0.25) is 0 Å². The molecule has 0 saturated carbocycles. The standard InChI is InChI=1S/C10H15IN2O4.C9H19N2OPS/c1-13(5-4-9(15)12-7-14)10-3-2-8(17-10)6-16-11;1-8(2)11(9(3)4)13(14)12-7-5-6-10/h4-5,7-8,10H,2-3,6H2,1H3,(H,12,14,15);8-9,14H,5,7H2,1-4H3/b5-4-;. The summed E-state index contributed by atoms with van der Waals surface area (Å²) >= 11 is 6.28. The summed E-state index contributed by atoms with van der Waals surface area (Å²) in [4.78, 5) is 22.8. The largest absolute Gasteiger partial charge is 0.355 e. The second-order valence-corrected chi connectivity index (χ2v) is 10.1. The molecule has 0 aromatic rings. The third-order valence-corrected chi connectivity index (χ3v) is 7.18. The van der Waals surface area contributed by atoms with Gasteiger partial charge in [-0.05, 0) is 40.5 Å². The predicted molar refractivity (Wildman–Crippen MR) is 133 cm³/mol. The molecule has 12 heteroatoms. The first-order chi connectivity index (χ1) is 14.7. The lowest BCUT2D eigenvalue weighted by Crippen LogP contribution is -2.31. The number of hydrogen-bond donors (Lipinski definition) is 2. The van der Waals surface area contributed by atoms with Crippen LogP contribution in [0.4, 0.5) is 0 Å². The quantitative estimate of drug-likeness (QED) is 0.0888. The smallest absolute Gasteiger partial charge is 0.251 e. The minimum Gasteiger partial charge on any atom is -0.355 e. The number of amides is 2. The molecule has 1 fully saturated rings. The topological polar surface area (TPSA) is 104 Å². The molecule has 3 atom stereocenters. The van der Waals surface area contributed by atoms with E-state index in [1.165, 1.54) is 6.08 Å². The number of rotatable bonds is 12. The third kappa shape index (κ3) is 13.6. The van der Waals surface area contributed by atoms with Gasteiger partial charge < -0.3 is 17.2 Å². The lowest BCUT2D eigenvalue weighted by atomic mass is 10.2. The fourth-order valence-electron chi connectivity index (χ4n) is 2.80. The second kappa shape index (κ2) is 18.0. The second-order valence-electron chi connectivity index (χ2n) is 7.24. The summed E-state index contributed by atoms with van der Waals surface area (Å²) in [6, 6.07) is 2.89. The van der Waals surface area contributed by atoms with Gasteiger partial charge in [-0.2, -0.15) is 5.26 Å². The highest BCUT2D eigenvalue weighted by Crippen LogP contribution is 2.48. The van der Waals surface area contributed by atoms with Crippen LogP contribution >= 0.6 is 42.8 Å². The fraction of sp³-hybridized carbons (Fsp3) is 0.737. The van der Waals surface area contributed by atoms with Crippen molar-refractivity contribution in [1.82, 2.24) is 14.9 Å². The lowest BCUT2D eigenvalue weighted by molar-refractivity contribution is -0.121. The maximum absolute atomic E-state index is 11.0. The Balaban J connectivity index is 0.000000594. The number of thiol groups is 1. The van der Waals surface area contributed by atoms with Gasteiger partial charge >= 0.3 is 0 Å². The van der Waals surface area contributed by atoms with Crippen molar-refractivity contribution in [2.75, 3.05) is 20.3 Å². The summed E-state index contributed by atoms with van der Waals surface area (Å²) in [6.07, 6.45) is 5.56. The van der Waals surface area contributed by atoms with Crippen LogP contribution < -0.4 is 5.32 Å². The van der Waals surface area contributed by atoms with Crippen LogP contribution in [0.3, 0.4) is 0 Å². The Hall–Kier alpha value is -0.480. The van der Waals surface area contributed by atoms with Crippen molar-refractivity contribution in [1.29, 1.82) is 5.26 Å². The van der Waals surface area contributed by atoms with E-state index in [9.17, 15) is 9.59 Å². The van der Waals surface area contributed by atoms with E-state index in [2.05, 4.69) is 50.7 Å². The monoisotopic (exact) mass is 588 g/mol. The normalized spacial score (nSPS) is 19.3. The number of nitrogens with one attached hydrogen (secondary N) is 1. The average molecular weight is 588 g/mol. The molecule has 1 rings (SSSR count). The van der Waals surface area contributed by atoms with Crippen molar-refractivity contribution in [2.45, 2.75) is 71.4 Å². The zero-order valence-electron chi connectivity index (χ0n) is 18.7. The minimum atomic E-state index is -0.858. The van der Waals surface area contributed by atoms with Crippen LogP contribution in [-0.2, 0) is 21.9 Å². The first-order valence-corrected chi connectivity index (χ1v) is 13.2. The molecule has 31 heavy (non-hydrogen) atoms. The van der Waals surface area contributed by atoms with Crippen molar-refractivity contribution in [3.05, 3.63) is 12.3 Å². The maximum atomic E-state index is 11.0. The Labute approximate surface area is 206 Å². The summed E-state index contributed by atoms with van der Waals surface area (Å²) in [6.45, 7) is 9.54. The lowest BCUT2D eigenvalue weighted by Gasteiger charge is -2.33. The fourth-order valence-corrected chi connectivity index (χ4v) is 5.86. The molecule has 1 heterocycles. The van der Waals surface area contributed by atoms with Crippen molar-refractivity contribution < 1.29 is 21.9 Å². The SMILES string of the molecule is CC(C)N(C(C)C)P(S)OCCC#N.CN(/C=C\C(=O)NC=O)C1CCC(COI)O1. The van der Waals surface area contributed by atoms with Gasteiger partial charge in [0.15, 0.2) is 7.50 Å². The van der Waals surface area contributed by atoms with Crippen LogP contribution in [0.15, 0.2) is 12.3 Å². The van der Waals surface area contributed by atoms with Crippen molar-refractivity contribution in [3.63, 3.8) is 0 Å². The molecular weight excluding hydrogens is 554 g/mol. The number of nitriles is 1. The number of carbonyl (C=O) groups excluding carboxylic acids is 2. The van der Waals surface area contributed by atoms with Crippen LogP contribution in [0, 0.1) is 11.3 Å². The van der Waals surface area contributed by atoms with Crippen LogP contribution in [0.1, 0.15) is 47.0 Å². The zero-order chi connectivity index (χ0) is 23.8. The number of carbonyl (C=O) groups is 2. The van der Waals surface area contributed by atoms with E-state index in [1.54, 1.807) is 11.1 Å². The average Bonchev–Trinajstić information content (AvgIpc) is 3.15. The molecule has 0 aliphatic carbocycles. The molecule has 3 unspecified atom stereocenters. The van der Waals surface area contributed by atoms with Gasteiger partial charge in [-0.3, -0.25) is 14.9 Å². The van der Waals surface area contributed by atoms with E-state index in [1.807, 2.05) is 35.4 Å². The molecule has 178 valence electrons. The summed E-state index contributed by atoms with van der Waals surface area (Å²) in [5.74, 6) is -0.447. The highest BCUT2D eigenvalue weighted by Gasteiger charge is 2.27. The third-order valence-electron chi connectivity index (χ3n) is 4.13. The molecule has 1 aliphatic rings. The van der Waals surface area contributed by atoms with Gasteiger partial charge in [0.1, 0.15) is 29.2 Å². The van der Waals surface area contributed by atoms with Gasteiger partial charge in [0.25, 0.3) is 5.91 Å². The van der Waals surface area contributed by atoms with Gasteiger partial charge in [0.05, 0.1) is 31.8 Å². The van der Waals surface area contributed by atoms with Crippen molar-refractivity contribution >= 4 is 55.1 Å². The molecule has 0 aromatic carbocycles. The number of nitrogens with zero attached hydrogens (tertiary/aromatic N) is 3. The molecule has 1 N–H and O–H groups in total. The summed E-state index contributed by atoms with van der Waals surface area (Å²) in [5, 5.41) is 10.4. The van der Waals surface area contributed by atoms with Gasteiger partial charge in [-0.1, -0.05) is 0 Å². The van der Waals surface area contributed by atoms with E-state index < -0.39 is 13.4 Å². The van der Waals surface area contributed by atoms with Gasteiger partial charge in [0, 0.05) is 31.4 Å². The van der Waals surface area contributed by atoms with E-state index in [0.29, 0.717) is 38.1 Å². The zero-order valence-corrected chi connectivity index (χ0v) is 22.7. The number of halogens is 1. The number of imide groups is 1. The van der Waals surface area contributed by atoms with E-state index >= 15 is 0 Å². The van der Waals surface area contributed by atoms with Crippen molar-refractivity contribution in [3.8, 4) is 6.07 Å². The van der Waals surface area contributed by atoms with E-state index in [-0.39, 0.29) is 12.3 Å². The first-order valence-electron chi connectivity index (χ1n) is 9.98. The molecule has 9 nitrogen and oxygen atoms in total. The Kier molecular flexibility index (Phi) is 17.7. The summed E-state index contributed by atoms with van der Waals surface area (Å²) < 4.78 is 18.4. The summed E-state index contributed by atoms with van der Waals surface area (Å²) in [5.41, 5.74) is 0. The first kappa shape index (κ1) is 30.5. The Bertz CT molecular complexity index is 586. The van der Waals surface area contributed by atoms with Crippen molar-refractivity contribution in [2.24, 2.45) is 0 Å². The molecule has 0 spiro atoms. The molecule has 0 radical (unpaired) electrons. The maximum Gasteiger partial charge on any atom is 0.251 e. The van der Waals surface area contributed by atoms with Crippen LogP contribution in [-0.4, -0.2) is 66.6 Å². The van der Waals surface area contributed by atoms with Crippen LogP contribution in [0.5, 0.6) is 0 Å². The molecule has 0 aromatic heterocycles. The highest BCUT2D eigenvalue weighted by atomic mass is 127. The van der Waals surface area contributed by atoms with Gasteiger partial charge in [-0.25, -0.2) is 4.67 Å². The molecule has 2 amide bonds. The molecular formula is C19H34IN4O5PS. The molecule has 0 bridgehead atoms. The summed E-state index contributed by atoms with van der Waals surface area (Å²) in [7, 11) is 0.964. The minimum absolute atomic E-state index is 0.0492. The highest BCUT2D eigenvalue weighted by molar-refractivity contribution is 14.1. The van der Waals surface area contributed by atoms with Gasteiger partial charge in [-0.15, -0.1) is 12.2 Å². The predicted octanol–water partition coefficient (Wildman–Crippen LogP) is 3.77. The Morgan fingerprint density at radius 3 is 2.55 bits per heavy atom. The number of ether oxygens (including phenoxy) is 1.